The number of ether oxygens (including phenoxy) is 3. The summed E-state index contributed by atoms with van der Waals surface area (Å²) in [7, 11) is 1.54. The van der Waals surface area contributed by atoms with Gasteiger partial charge in [-0.05, 0) is 29.8 Å². The van der Waals surface area contributed by atoms with Crippen LogP contribution in [0.2, 0.25) is 0 Å². The number of carbonyl (C=O) groups is 2. The molecule has 2 rings (SSSR count). The summed E-state index contributed by atoms with van der Waals surface area (Å²) in [5.41, 5.74) is 1.42. The molecule has 6 nitrogen and oxygen atoms in total. The summed E-state index contributed by atoms with van der Waals surface area (Å²) in [6.45, 7) is 0.908. The van der Waals surface area contributed by atoms with E-state index in [1.54, 1.807) is 31.4 Å². The zero-order valence-corrected chi connectivity index (χ0v) is 14.1. The van der Waals surface area contributed by atoms with Gasteiger partial charge in [-0.3, -0.25) is 4.79 Å². The average Bonchev–Trinajstić information content (AvgIpc) is 2.66. The van der Waals surface area contributed by atoms with E-state index in [1.165, 1.54) is 0 Å². The second kappa shape index (κ2) is 10.1. The van der Waals surface area contributed by atoms with Crippen LogP contribution >= 0.6 is 0 Å². The fraction of sp³-hybridized carbons (Fsp3) is 0.263. The van der Waals surface area contributed by atoms with Crippen molar-refractivity contribution in [1.29, 1.82) is 0 Å². The van der Waals surface area contributed by atoms with Crippen LogP contribution in [-0.2, 0) is 20.9 Å². The van der Waals surface area contributed by atoms with Crippen LogP contribution in [0.5, 0.6) is 5.75 Å². The van der Waals surface area contributed by atoms with E-state index in [9.17, 15) is 9.59 Å². The Balaban J connectivity index is 1.76. The molecule has 0 saturated carbocycles. The van der Waals surface area contributed by atoms with E-state index in [1.807, 2.05) is 30.3 Å². The van der Waals surface area contributed by atoms with Crippen LogP contribution in [0.4, 0.5) is 0 Å². The Labute approximate surface area is 146 Å². The molecule has 0 atom stereocenters. The monoisotopic (exact) mass is 343 g/mol. The number of nitrogens with one attached hydrogen (secondary N) is 1. The van der Waals surface area contributed by atoms with Crippen molar-refractivity contribution in [3.8, 4) is 5.75 Å². The maximum Gasteiger partial charge on any atom is 0.338 e. The van der Waals surface area contributed by atoms with E-state index in [0.29, 0.717) is 31.1 Å². The molecule has 0 saturated heterocycles. The quantitative estimate of drug-likeness (QED) is 0.558. The van der Waals surface area contributed by atoms with E-state index in [2.05, 4.69) is 5.32 Å². The number of hydrogen-bond acceptors (Lipinski definition) is 5. The van der Waals surface area contributed by atoms with Crippen LogP contribution in [0.1, 0.15) is 15.9 Å². The summed E-state index contributed by atoms with van der Waals surface area (Å²) in [6, 6.07) is 16.4. The van der Waals surface area contributed by atoms with Crippen LogP contribution in [0.25, 0.3) is 0 Å². The molecule has 2 aromatic carbocycles. The van der Waals surface area contributed by atoms with Gasteiger partial charge in [-0.25, -0.2) is 4.79 Å². The number of esters is 1. The number of rotatable bonds is 9. The molecular formula is C19H21NO5. The lowest BCUT2D eigenvalue weighted by atomic mass is 10.2. The number of carbonyl (C=O) groups excluding carboxylic acids is 2. The zero-order chi connectivity index (χ0) is 17.9. The molecule has 0 aliphatic heterocycles. The van der Waals surface area contributed by atoms with Crippen molar-refractivity contribution in [2.75, 3.05) is 26.9 Å². The lowest BCUT2D eigenvalue weighted by molar-refractivity contribution is -0.124. The van der Waals surface area contributed by atoms with Crippen molar-refractivity contribution in [1.82, 2.24) is 5.32 Å². The van der Waals surface area contributed by atoms with Crippen molar-refractivity contribution in [3.63, 3.8) is 0 Å². The number of benzene rings is 2. The van der Waals surface area contributed by atoms with Gasteiger partial charge < -0.3 is 19.5 Å². The summed E-state index contributed by atoms with van der Waals surface area (Å²) in [6.07, 6.45) is 0. The SMILES string of the molecule is COCCNC(=O)COC(=O)c1ccc(OCc2ccccc2)cc1. The van der Waals surface area contributed by atoms with Gasteiger partial charge in [0.15, 0.2) is 6.61 Å². The maximum absolute atomic E-state index is 11.9. The van der Waals surface area contributed by atoms with Crippen molar-refractivity contribution < 1.29 is 23.8 Å². The maximum atomic E-state index is 11.9. The van der Waals surface area contributed by atoms with Crippen LogP contribution < -0.4 is 10.1 Å². The van der Waals surface area contributed by atoms with E-state index in [-0.39, 0.29) is 12.5 Å². The Morgan fingerprint density at radius 1 is 1.00 bits per heavy atom. The molecule has 0 aliphatic rings. The minimum atomic E-state index is -0.559. The van der Waals surface area contributed by atoms with Crippen LogP contribution in [-0.4, -0.2) is 38.7 Å². The summed E-state index contributed by atoms with van der Waals surface area (Å²) in [4.78, 5) is 23.4. The summed E-state index contributed by atoms with van der Waals surface area (Å²) >= 11 is 0. The fourth-order valence-electron chi connectivity index (χ4n) is 1.99. The first kappa shape index (κ1) is 18.5. The molecule has 1 amide bonds. The lowest BCUT2D eigenvalue weighted by Crippen LogP contribution is -2.31. The first-order valence-electron chi connectivity index (χ1n) is 7.88. The second-order valence-corrected chi connectivity index (χ2v) is 5.22. The molecule has 2 aromatic rings. The van der Waals surface area contributed by atoms with Crippen LogP contribution in [0.3, 0.4) is 0 Å². The molecule has 6 heteroatoms. The Bertz CT molecular complexity index is 670. The third kappa shape index (κ3) is 6.64. The normalized spacial score (nSPS) is 10.1. The zero-order valence-electron chi connectivity index (χ0n) is 14.1. The van der Waals surface area contributed by atoms with Crippen molar-refractivity contribution in [2.45, 2.75) is 6.61 Å². The molecule has 0 spiro atoms. The molecule has 0 unspecified atom stereocenters. The standard InChI is InChI=1S/C19H21NO5/c1-23-12-11-20-18(21)14-25-19(22)16-7-9-17(10-8-16)24-13-15-5-3-2-4-6-15/h2-10H,11-14H2,1H3,(H,20,21). The van der Waals surface area contributed by atoms with E-state index < -0.39 is 5.97 Å². The molecule has 0 aliphatic carbocycles. The first-order valence-corrected chi connectivity index (χ1v) is 7.88. The molecule has 1 N–H and O–H groups in total. The second-order valence-electron chi connectivity index (χ2n) is 5.22. The molecule has 132 valence electrons. The lowest BCUT2D eigenvalue weighted by Gasteiger charge is -2.08. The Morgan fingerprint density at radius 3 is 2.40 bits per heavy atom. The van der Waals surface area contributed by atoms with Crippen LogP contribution in [0, 0.1) is 0 Å². The fourth-order valence-corrected chi connectivity index (χ4v) is 1.99. The van der Waals surface area contributed by atoms with Gasteiger partial charge in [0.25, 0.3) is 5.91 Å². The number of amides is 1. The van der Waals surface area contributed by atoms with Gasteiger partial charge in [-0.15, -0.1) is 0 Å². The molecule has 0 bridgehead atoms. The van der Waals surface area contributed by atoms with Crippen molar-refractivity contribution in [3.05, 3.63) is 65.7 Å². The highest BCUT2D eigenvalue weighted by Crippen LogP contribution is 2.14. The van der Waals surface area contributed by atoms with Gasteiger partial charge in [0, 0.05) is 13.7 Å². The molecule has 0 aromatic heterocycles. The predicted octanol–water partition coefficient (Wildman–Crippen LogP) is 2.18. The molecular weight excluding hydrogens is 322 g/mol. The minimum absolute atomic E-state index is 0.325. The predicted molar refractivity (Wildman–Crippen MR) is 92.4 cm³/mol. The van der Waals surface area contributed by atoms with Crippen molar-refractivity contribution >= 4 is 11.9 Å². The highest BCUT2D eigenvalue weighted by molar-refractivity contribution is 5.91. The average molecular weight is 343 g/mol. The third-order valence-corrected chi connectivity index (χ3v) is 3.30. The Kier molecular flexibility index (Phi) is 7.46. The molecule has 25 heavy (non-hydrogen) atoms. The number of methoxy groups -OCH3 is 1. The van der Waals surface area contributed by atoms with Gasteiger partial charge >= 0.3 is 5.97 Å². The largest absolute Gasteiger partial charge is 0.489 e. The van der Waals surface area contributed by atoms with Gasteiger partial charge in [-0.1, -0.05) is 30.3 Å². The van der Waals surface area contributed by atoms with Gasteiger partial charge in [0.1, 0.15) is 12.4 Å². The topological polar surface area (TPSA) is 73.9 Å². The molecule has 0 radical (unpaired) electrons. The first-order chi connectivity index (χ1) is 12.2. The van der Waals surface area contributed by atoms with Crippen molar-refractivity contribution in [2.24, 2.45) is 0 Å². The third-order valence-electron chi connectivity index (χ3n) is 3.30. The minimum Gasteiger partial charge on any atom is -0.489 e. The Hall–Kier alpha value is -2.86. The summed E-state index contributed by atoms with van der Waals surface area (Å²) in [5, 5.41) is 2.57. The number of hydrogen-bond donors (Lipinski definition) is 1. The van der Waals surface area contributed by atoms with Gasteiger partial charge in [-0.2, -0.15) is 0 Å². The Morgan fingerprint density at radius 2 is 1.72 bits per heavy atom. The summed E-state index contributed by atoms with van der Waals surface area (Å²) in [5.74, 6) is -0.276. The van der Waals surface area contributed by atoms with E-state index in [4.69, 9.17) is 14.2 Å². The van der Waals surface area contributed by atoms with E-state index in [0.717, 1.165) is 5.56 Å². The van der Waals surface area contributed by atoms with Crippen LogP contribution in [0.15, 0.2) is 54.6 Å². The molecule has 0 heterocycles. The van der Waals surface area contributed by atoms with Gasteiger partial charge in [0.05, 0.1) is 12.2 Å². The molecule has 0 fully saturated rings. The van der Waals surface area contributed by atoms with E-state index >= 15 is 0 Å². The highest BCUT2D eigenvalue weighted by Gasteiger charge is 2.10. The smallest absolute Gasteiger partial charge is 0.338 e. The van der Waals surface area contributed by atoms with Gasteiger partial charge in [0.2, 0.25) is 0 Å². The highest BCUT2D eigenvalue weighted by atomic mass is 16.5. The summed E-state index contributed by atoms with van der Waals surface area (Å²) < 4.78 is 15.4.